The minimum absolute atomic E-state index is 0.959. The van der Waals surface area contributed by atoms with Crippen LogP contribution in [0.15, 0.2) is 16.6 Å². The third kappa shape index (κ3) is 1.81. The molecule has 0 radical (unpaired) electrons. The van der Waals surface area contributed by atoms with Gasteiger partial charge in [0, 0.05) is 4.47 Å². The van der Waals surface area contributed by atoms with Gasteiger partial charge in [0.05, 0.1) is 7.11 Å². The van der Waals surface area contributed by atoms with Gasteiger partial charge in [-0.3, -0.25) is 0 Å². The quantitative estimate of drug-likeness (QED) is 0.755. The van der Waals surface area contributed by atoms with Crippen LogP contribution in [0.5, 0.6) is 5.75 Å². The Hall–Kier alpha value is -0.500. The molecule has 66 valence electrons. The molecule has 0 atom stereocenters. The van der Waals surface area contributed by atoms with Gasteiger partial charge in [0.15, 0.2) is 0 Å². The zero-order valence-corrected chi connectivity index (χ0v) is 9.23. The van der Waals surface area contributed by atoms with Gasteiger partial charge in [-0.05, 0) is 36.6 Å². The van der Waals surface area contributed by atoms with Crippen LogP contribution in [0.2, 0.25) is 0 Å². The topological polar surface area (TPSA) is 9.23 Å². The van der Waals surface area contributed by atoms with Gasteiger partial charge in [0.1, 0.15) is 5.75 Å². The van der Waals surface area contributed by atoms with Crippen molar-refractivity contribution in [2.45, 2.75) is 20.3 Å². The molecule has 0 saturated heterocycles. The van der Waals surface area contributed by atoms with E-state index in [0.717, 1.165) is 16.6 Å². The third-order valence-electron chi connectivity index (χ3n) is 2.03. The Morgan fingerprint density at radius 3 is 2.58 bits per heavy atom. The summed E-state index contributed by atoms with van der Waals surface area (Å²) in [6, 6.07) is 4.13. The smallest absolute Gasteiger partial charge is 0.123 e. The molecule has 0 N–H and O–H groups in total. The van der Waals surface area contributed by atoms with Crippen molar-refractivity contribution in [1.82, 2.24) is 0 Å². The summed E-state index contributed by atoms with van der Waals surface area (Å²) in [5.74, 6) is 0.959. The Morgan fingerprint density at radius 1 is 1.42 bits per heavy atom. The van der Waals surface area contributed by atoms with Gasteiger partial charge in [-0.25, -0.2) is 0 Å². The fourth-order valence-corrected chi connectivity index (χ4v) is 1.77. The standard InChI is InChI=1S/C10H13BrO/c1-4-8-5-9(11)6-10(12-3)7(8)2/h5-6H,4H2,1-3H3. The number of hydrogen-bond acceptors (Lipinski definition) is 1. The van der Waals surface area contributed by atoms with Crippen LogP contribution in [0.4, 0.5) is 0 Å². The average molecular weight is 229 g/mol. The highest BCUT2D eigenvalue weighted by molar-refractivity contribution is 9.10. The Morgan fingerprint density at radius 2 is 2.08 bits per heavy atom. The number of methoxy groups -OCH3 is 1. The fraction of sp³-hybridized carbons (Fsp3) is 0.400. The Labute approximate surface area is 81.9 Å². The van der Waals surface area contributed by atoms with E-state index in [1.165, 1.54) is 11.1 Å². The highest BCUT2D eigenvalue weighted by atomic mass is 79.9. The van der Waals surface area contributed by atoms with E-state index in [1.54, 1.807) is 7.11 Å². The molecule has 0 amide bonds. The summed E-state index contributed by atoms with van der Waals surface area (Å²) in [6.45, 7) is 4.23. The van der Waals surface area contributed by atoms with Gasteiger partial charge >= 0.3 is 0 Å². The van der Waals surface area contributed by atoms with E-state index >= 15 is 0 Å². The lowest BCUT2D eigenvalue weighted by atomic mass is 10.1. The van der Waals surface area contributed by atoms with E-state index in [-0.39, 0.29) is 0 Å². The zero-order valence-electron chi connectivity index (χ0n) is 7.65. The van der Waals surface area contributed by atoms with Crippen LogP contribution in [0.3, 0.4) is 0 Å². The molecule has 0 bridgehead atoms. The van der Waals surface area contributed by atoms with Gasteiger partial charge in [0.2, 0.25) is 0 Å². The molecule has 2 heteroatoms. The van der Waals surface area contributed by atoms with Crippen LogP contribution in [0.1, 0.15) is 18.1 Å². The molecule has 0 fully saturated rings. The molecule has 0 unspecified atom stereocenters. The van der Waals surface area contributed by atoms with Crippen molar-refractivity contribution in [3.8, 4) is 5.75 Å². The second-order valence-corrected chi connectivity index (χ2v) is 3.66. The Kier molecular flexibility index (Phi) is 3.15. The van der Waals surface area contributed by atoms with Gasteiger partial charge < -0.3 is 4.74 Å². The van der Waals surface area contributed by atoms with Crippen LogP contribution in [0, 0.1) is 6.92 Å². The molecular weight excluding hydrogens is 216 g/mol. The summed E-state index contributed by atoms with van der Waals surface area (Å²) in [5, 5.41) is 0. The van der Waals surface area contributed by atoms with Crippen molar-refractivity contribution < 1.29 is 4.74 Å². The predicted molar refractivity (Wildman–Crippen MR) is 54.8 cm³/mol. The lowest BCUT2D eigenvalue weighted by molar-refractivity contribution is 0.411. The van der Waals surface area contributed by atoms with Crippen molar-refractivity contribution in [3.63, 3.8) is 0 Å². The molecule has 1 aromatic carbocycles. The largest absolute Gasteiger partial charge is 0.496 e. The number of benzene rings is 1. The first-order chi connectivity index (χ1) is 5.69. The number of rotatable bonds is 2. The van der Waals surface area contributed by atoms with Crippen molar-refractivity contribution in [1.29, 1.82) is 0 Å². The normalized spacial score (nSPS) is 10.0. The lowest BCUT2D eigenvalue weighted by Crippen LogP contribution is -1.92. The van der Waals surface area contributed by atoms with E-state index in [2.05, 4.69) is 35.8 Å². The van der Waals surface area contributed by atoms with E-state index in [0.29, 0.717) is 0 Å². The van der Waals surface area contributed by atoms with Crippen LogP contribution in [0.25, 0.3) is 0 Å². The molecule has 0 aliphatic carbocycles. The summed E-state index contributed by atoms with van der Waals surface area (Å²) in [7, 11) is 1.70. The monoisotopic (exact) mass is 228 g/mol. The summed E-state index contributed by atoms with van der Waals surface area (Å²) < 4.78 is 6.32. The number of hydrogen-bond donors (Lipinski definition) is 0. The Bertz CT molecular complexity index is 256. The van der Waals surface area contributed by atoms with Crippen molar-refractivity contribution in [2.75, 3.05) is 7.11 Å². The second kappa shape index (κ2) is 3.94. The summed E-state index contributed by atoms with van der Waals surface area (Å²) in [5.41, 5.74) is 2.57. The Balaban J connectivity index is 3.22. The predicted octanol–water partition coefficient (Wildman–Crippen LogP) is 3.33. The molecule has 0 aliphatic heterocycles. The molecule has 0 saturated carbocycles. The van der Waals surface area contributed by atoms with Crippen LogP contribution in [-0.2, 0) is 6.42 Å². The zero-order chi connectivity index (χ0) is 9.14. The van der Waals surface area contributed by atoms with Gasteiger partial charge in [-0.1, -0.05) is 22.9 Å². The summed E-state index contributed by atoms with van der Waals surface area (Å²) in [4.78, 5) is 0. The van der Waals surface area contributed by atoms with E-state index in [9.17, 15) is 0 Å². The maximum Gasteiger partial charge on any atom is 0.123 e. The maximum absolute atomic E-state index is 5.24. The van der Waals surface area contributed by atoms with Crippen molar-refractivity contribution in [3.05, 3.63) is 27.7 Å². The van der Waals surface area contributed by atoms with Crippen molar-refractivity contribution in [2.24, 2.45) is 0 Å². The molecule has 0 aromatic heterocycles. The van der Waals surface area contributed by atoms with Crippen LogP contribution in [-0.4, -0.2) is 7.11 Å². The maximum atomic E-state index is 5.24. The first kappa shape index (κ1) is 9.59. The number of aryl methyl sites for hydroxylation is 1. The summed E-state index contributed by atoms with van der Waals surface area (Å²) in [6.07, 6.45) is 1.04. The molecular formula is C10H13BrO. The number of halogens is 1. The fourth-order valence-electron chi connectivity index (χ4n) is 1.29. The highest BCUT2D eigenvalue weighted by Crippen LogP contribution is 2.26. The first-order valence-electron chi connectivity index (χ1n) is 4.02. The SMILES string of the molecule is CCc1cc(Br)cc(OC)c1C. The first-order valence-corrected chi connectivity index (χ1v) is 4.81. The van der Waals surface area contributed by atoms with Gasteiger partial charge in [-0.2, -0.15) is 0 Å². The lowest BCUT2D eigenvalue weighted by Gasteiger charge is -2.09. The molecule has 1 rings (SSSR count). The molecule has 0 aliphatic rings. The van der Waals surface area contributed by atoms with E-state index in [4.69, 9.17) is 4.74 Å². The molecule has 0 spiro atoms. The van der Waals surface area contributed by atoms with E-state index < -0.39 is 0 Å². The molecule has 1 aromatic rings. The average Bonchev–Trinajstić information content (AvgIpc) is 2.08. The minimum Gasteiger partial charge on any atom is -0.496 e. The van der Waals surface area contributed by atoms with Crippen LogP contribution < -0.4 is 4.74 Å². The van der Waals surface area contributed by atoms with E-state index in [1.807, 2.05) is 6.07 Å². The van der Waals surface area contributed by atoms with Gasteiger partial charge in [0.25, 0.3) is 0 Å². The molecule has 0 heterocycles. The second-order valence-electron chi connectivity index (χ2n) is 2.75. The molecule has 12 heavy (non-hydrogen) atoms. The number of ether oxygens (including phenoxy) is 1. The minimum atomic E-state index is 0.959. The third-order valence-corrected chi connectivity index (χ3v) is 2.49. The highest BCUT2D eigenvalue weighted by Gasteiger charge is 2.04. The summed E-state index contributed by atoms with van der Waals surface area (Å²) >= 11 is 3.45. The molecule has 1 nitrogen and oxygen atoms in total. The van der Waals surface area contributed by atoms with Crippen molar-refractivity contribution >= 4 is 15.9 Å². The van der Waals surface area contributed by atoms with Crippen LogP contribution >= 0.6 is 15.9 Å². The van der Waals surface area contributed by atoms with Gasteiger partial charge in [-0.15, -0.1) is 0 Å².